The molecule has 1 rings (SSSR count). The van der Waals surface area contributed by atoms with Gasteiger partial charge in [-0.2, -0.15) is 0 Å². The lowest BCUT2D eigenvalue weighted by molar-refractivity contribution is -0.384. The highest BCUT2D eigenvalue weighted by atomic mass is 16.6. The number of non-ortho nitro benzene ring substituents is 1. The summed E-state index contributed by atoms with van der Waals surface area (Å²) >= 11 is 0. The first kappa shape index (κ1) is 12.3. The van der Waals surface area contributed by atoms with Crippen LogP contribution in [0.3, 0.4) is 0 Å². The summed E-state index contributed by atoms with van der Waals surface area (Å²) in [5, 5.41) is 13.7. The van der Waals surface area contributed by atoms with Gasteiger partial charge in [0.05, 0.1) is 18.1 Å². The molecule has 0 saturated heterocycles. The molecule has 3 N–H and O–H groups in total. The minimum absolute atomic E-state index is 0.00827. The summed E-state index contributed by atoms with van der Waals surface area (Å²) in [5.74, 6) is 0.445. The predicted octanol–water partition coefficient (Wildman–Crippen LogP) is 1.36. The van der Waals surface area contributed by atoms with E-state index in [-0.39, 0.29) is 11.7 Å². The van der Waals surface area contributed by atoms with E-state index in [4.69, 9.17) is 10.5 Å². The van der Waals surface area contributed by atoms with Gasteiger partial charge in [-0.15, -0.1) is 0 Å². The number of rotatable bonds is 5. The molecule has 0 amide bonds. The first-order chi connectivity index (χ1) is 7.56. The summed E-state index contributed by atoms with van der Waals surface area (Å²) < 4.78 is 4.99. The highest BCUT2D eigenvalue weighted by molar-refractivity contribution is 5.56. The monoisotopic (exact) mass is 225 g/mol. The van der Waals surface area contributed by atoms with Crippen molar-refractivity contribution < 1.29 is 9.66 Å². The summed E-state index contributed by atoms with van der Waals surface area (Å²) in [5.41, 5.74) is 6.08. The van der Waals surface area contributed by atoms with Crippen LogP contribution in [0.2, 0.25) is 0 Å². The van der Waals surface area contributed by atoms with Gasteiger partial charge in [0.2, 0.25) is 0 Å². The summed E-state index contributed by atoms with van der Waals surface area (Å²) in [4.78, 5) is 10.2. The molecule has 0 radical (unpaired) electrons. The Balaban J connectivity index is 2.99. The van der Waals surface area contributed by atoms with Crippen LogP contribution in [-0.4, -0.2) is 24.6 Å². The van der Waals surface area contributed by atoms with E-state index in [2.05, 4.69) is 5.32 Å². The predicted molar refractivity (Wildman–Crippen MR) is 61.8 cm³/mol. The van der Waals surface area contributed by atoms with Gasteiger partial charge in [-0.05, 0) is 6.92 Å². The van der Waals surface area contributed by atoms with E-state index in [0.717, 1.165) is 0 Å². The molecule has 0 aliphatic rings. The van der Waals surface area contributed by atoms with E-state index in [1.165, 1.54) is 19.2 Å². The molecule has 0 bridgehead atoms. The topological polar surface area (TPSA) is 90.4 Å². The standard InChI is InChI=1S/C10H15N3O3/c1-7(6-11)12-8-3-9(13(14)15)5-10(4-8)16-2/h3-5,7,12H,6,11H2,1-2H3. The van der Waals surface area contributed by atoms with Gasteiger partial charge in [-0.3, -0.25) is 10.1 Å². The van der Waals surface area contributed by atoms with Crippen LogP contribution in [0, 0.1) is 10.1 Å². The molecular weight excluding hydrogens is 210 g/mol. The highest BCUT2D eigenvalue weighted by Gasteiger charge is 2.11. The first-order valence-electron chi connectivity index (χ1n) is 4.87. The molecule has 1 atom stereocenters. The van der Waals surface area contributed by atoms with Gasteiger partial charge in [-0.25, -0.2) is 0 Å². The number of nitrogens with one attached hydrogen (secondary N) is 1. The van der Waals surface area contributed by atoms with Gasteiger partial charge >= 0.3 is 0 Å². The van der Waals surface area contributed by atoms with Crippen LogP contribution in [0.1, 0.15) is 6.92 Å². The quantitative estimate of drug-likeness (QED) is 0.583. The van der Waals surface area contributed by atoms with Crippen molar-refractivity contribution in [3.8, 4) is 5.75 Å². The summed E-state index contributed by atoms with van der Waals surface area (Å²) in [7, 11) is 1.47. The van der Waals surface area contributed by atoms with Crippen LogP contribution >= 0.6 is 0 Å². The van der Waals surface area contributed by atoms with E-state index in [1.54, 1.807) is 6.07 Å². The second-order valence-electron chi connectivity index (χ2n) is 3.46. The maximum atomic E-state index is 10.7. The van der Waals surface area contributed by atoms with Crippen molar-refractivity contribution in [2.75, 3.05) is 19.0 Å². The van der Waals surface area contributed by atoms with Crippen LogP contribution < -0.4 is 15.8 Å². The maximum Gasteiger partial charge on any atom is 0.275 e. The number of anilines is 1. The number of nitro groups is 1. The van der Waals surface area contributed by atoms with Crippen molar-refractivity contribution in [3.63, 3.8) is 0 Å². The van der Waals surface area contributed by atoms with Crippen LogP contribution in [0.4, 0.5) is 11.4 Å². The van der Waals surface area contributed by atoms with Gasteiger partial charge in [-0.1, -0.05) is 0 Å². The zero-order valence-corrected chi connectivity index (χ0v) is 9.27. The average Bonchev–Trinajstić information content (AvgIpc) is 2.28. The molecular formula is C10H15N3O3. The largest absolute Gasteiger partial charge is 0.496 e. The number of nitrogens with zero attached hydrogens (tertiary/aromatic N) is 1. The molecule has 0 saturated carbocycles. The van der Waals surface area contributed by atoms with Gasteiger partial charge in [0.1, 0.15) is 5.75 Å². The minimum atomic E-state index is -0.458. The van der Waals surface area contributed by atoms with Crippen molar-refractivity contribution in [1.82, 2.24) is 0 Å². The molecule has 16 heavy (non-hydrogen) atoms. The molecule has 6 heteroatoms. The highest BCUT2D eigenvalue weighted by Crippen LogP contribution is 2.25. The first-order valence-corrected chi connectivity index (χ1v) is 4.87. The lowest BCUT2D eigenvalue weighted by Gasteiger charge is -2.13. The third kappa shape index (κ3) is 3.09. The van der Waals surface area contributed by atoms with Gasteiger partial charge < -0.3 is 15.8 Å². The number of nitrogens with two attached hydrogens (primary N) is 1. The van der Waals surface area contributed by atoms with Crippen molar-refractivity contribution in [1.29, 1.82) is 0 Å². The Morgan fingerprint density at radius 1 is 1.56 bits per heavy atom. The fourth-order valence-corrected chi connectivity index (χ4v) is 1.23. The fourth-order valence-electron chi connectivity index (χ4n) is 1.23. The van der Waals surface area contributed by atoms with Crippen LogP contribution in [0.15, 0.2) is 18.2 Å². The van der Waals surface area contributed by atoms with Crippen molar-refractivity contribution in [2.24, 2.45) is 5.73 Å². The minimum Gasteiger partial charge on any atom is -0.496 e. The Labute approximate surface area is 93.5 Å². The molecule has 6 nitrogen and oxygen atoms in total. The number of nitro benzene ring substituents is 1. The molecule has 1 unspecified atom stereocenters. The Morgan fingerprint density at radius 2 is 2.25 bits per heavy atom. The second kappa shape index (κ2) is 5.32. The van der Waals surface area contributed by atoms with E-state index in [9.17, 15) is 10.1 Å². The van der Waals surface area contributed by atoms with Gasteiger partial charge in [0, 0.05) is 30.4 Å². The molecule has 0 aliphatic heterocycles. The van der Waals surface area contributed by atoms with Crippen molar-refractivity contribution in [3.05, 3.63) is 28.3 Å². The molecule has 1 aromatic carbocycles. The normalized spacial score (nSPS) is 11.9. The molecule has 0 fully saturated rings. The SMILES string of the molecule is COc1cc(NC(C)CN)cc([N+](=O)[O-])c1. The molecule has 88 valence electrons. The summed E-state index contributed by atoms with van der Waals surface area (Å²) in [6, 6.07) is 4.57. The number of hydrogen-bond donors (Lipinski definition) is 2. The lowest BCUT2D eigenvalue weighted by atomic mass is 10.2. The van der Waals surface area contributed by atoms with Crippen molar-refractivity contribution >= 4 is 11.4 Å². The zero-order valence-electron chi connectivity index (χ0n) is 9.27. The van der Waals surface area contributed by atoms with Crippen molar-refractivity contribution in [2.45, 2.75) is 13.0 Å². The molecule has 1 aromatic rings. The van der Waals surface area contributed by atoms with Crippen LogP contribution in [-0.2, 0) is 0 Å². The smallest absolute Gasteiger partial charge is 0.275 e. The number of hydrogen-bond acceptors (Lipinski definition) is 5. The zero-order chi connectivity index (χ0) is 12.1. The van der Waals surface area contributed by atoms with E-state index in [1.807, 2.05) is 6.92 Å². The molecule has 0 aromatic heterocycles. The third-order valence-corrected chi connectivity index (χ3v) is 2.10. The Hall–Kier alpha value is -1.82. The number of ether oxygens (including phenoxy) is 1. The fraction of sp³-hybridized carbons (Fsp3) is 0.400. The van der Waals surface area contributed by atoms with Crippen LogP contribution in [0.25, 0.3) is 0 Å². The summed E-state index contributed by atoms with van der Waals surface area (Å²) in [6.07, 6.45) is 0. The lowest BCUT2D eigenvalue weighted by Crippen LogP contribution is -2.25. The number of benzene rings is 1. The molecule has 0 heterocycles. The second-order valence-corrected chi connectivity index (χ2v) is 3.46. The van der Waals surface area contributed by atoms with Crippen LogP contribution in [0.5, 0.6) is 5.75 Å². The third-order valence-electron chi connectivity index (χ3n) is 2.10. The number of methoxy groups -OCH3 is 1. The van der Waals surface area contributed by atoms with Gasteiger partial charge in [0.25, 0.3) is 5.69 Å². The summed E-state index contributed by atoms with van der Waals surface area (Å²) in [6.45, 7) is 2.34. The van der Waals surface area contributed by atoms with E-state index in [0.29, 0.717) is 18.0 Å². The average molecular weight is 225 g/mol. The maximum absolute atomic E-state index is 10.7. The molecule has 0 spiro atoms. The Kier molecular flexibility index (Phi) is 4.07. The van der Waals surface area contributed by atoms with E-state index >= 15 is 0 Å². The van der Waals surface area contributed by atoms with Gasteiger partial charge in [0.15, 0.2) is 0 Å². The Bertz CT molecular complexity index is 382. The molecule has 0 aliphatic carbocycles. The Morgan fingerprint density at radius 3 is 2.75 bits per heavy atom. The van der Waals surface area contributed by atoms with E-state index < -0.39 is 4.92 Å².